The minimum Gasteiger partial charge on any atom is -0.356 e. The first-order valence-electron chi connectivity index (χ1n) is 6.58. The number of aliphatic imine (C=N–C) groups is 1. The Balaban J connectivity index is 2.66. The average molecular weight is 326 g/mol. The summed E-state index contributed by atoms with van der Waals surface area (Å²) in [6.07, 6.45) is 0. The number of halogens is 1. The number of rotatable bonds is 4. The second kappa shape index (κ2) is 6.94. The Hall–Kier alpha value is -1.03. The van der Waals surface area contributed by atoms with Crippen molar-refractivity contribution in [2.75, 3.05) is 13.6 Å². The van der Waals surface area contributed by atoms with E-state index in [0.717, 1.165) is 17.0 Å². The molecule has 0 aliphatic heterocycles. The second-order valence-corrected chi connectivity index (χ2v) is 6.53. The highest BCUT2D eigenvalue weighted by molar-refractivity contribution is 9.10. The maximum Gasteiger partial charge on any atom is 0.191 e. The lowest BCUT2D eigenvalue weighted by molar-refractivity contribution is 0.506. The molecule has 0 fully saturated rings. The molecule has 1 aromatic carbocycles. The van der Waals surface area contributed by atoms with E-state index in [2.05, 4.69) is 83.5 Å². The molecular weight excluding hydrogens is 302 g/mol. The molecule has 19 heavy (non-hydrogen) atoms. The van der Waals surface area contributed by atoms with Crippen molar-refractivity contribution in [2.45, 2.75) is 39.2 Å². The molecule has 0 saturated carbocycles. The smallest absolute Gasteiger partial charge is 0.191 e. The molecule has 0 aliphatic rings. The van der Waals surface area contributed by atoms with Gasteiger partial charge in [0.2, 0.25) is 0 Å². The van der Waals surface area contributed by atoms with Gasteiger partial charge in [0.25, 0.3) is 0 Å². The van der Waals surface area contributed by atoms with Gasteiger partial charge in [0.15, 0.2) is 5.96 Å². The van der Waals surface area contributed by atoms with Crippen molar-refractivity contribution in [1.82, 2.24) is 10.6 Å². The van der Waals surface area contributed by atoms with Crippen LogP contribution in [0.1, 0.15) is 33.3 Å². The molecule has 1 aromatic rings. The van der Waals surface area contributed by atoms with Gasteiger partial charge in [-0.25, -0.2) is 0 Å². The highest BCUT2D eigenvalue weighted by Gasteiger charge is 2.20. The van der Waals surface area contributed by atoms with Crippen molar-refractivity contribution in [1.29, 1.82) is 0 Å². The van der Waals surface area contributed by atoms with E-state index in [4.69, 9.17) is 0 Å². The maximum atomic E-state index is 4.23. The van der Waals surface area contributed by atoms with Gasteiger partial charge in [-0.05, 0) is 31.5 Å². The fourth-order valence-electron chi connectivity index (χ4n) is 1.78. The van der Waals surface area contributed by atoms with Crippen molar-refractivity contribution in [3.8, 4) is 0 Å². The second-order valence-electron chi connectivity index (χ2n) is 5.62. The van der Waals surface area contributed by atoms with E-state index in [1.807, 2.05) is 0 Å². The van der Waals surface area contributed by atoms with Crippen LogP contribution in [0, 0.1) is 0 Å². The Bertz CT molecular complexity index is 422. The van der Waals surface area contributed by atoms with E-state index < -0.39 is 0 Å². The van der Waals surface area contributed by atoms with E-state index in [1.54, 1.807) is 7.05 Å². The van der Waals surface area contributed by atoms with E-state index in [0.29, 0.717) is 6.04 Å². The highest BCUT2D eigenvalue weighted by atomic mass is 79.9. The van der Waals surface area contributed by atoms with Crippen LogP contribution < -0.4 is 10.6 Å². The topological polar surface area (TPSA) is 36.4 Å². The van der Waals surface area contributed by atoms with Gasteiger partial charge < -0.3 is 10.6 Å². The van der Waals surface area contributed by atoms with Crippen LogP contribution in [0.4, 0.5) is 0 Å². The van der Waals surface area contributed by atoms with Crippen LogP contribution in [-0.2, 0) is 5.41 Å². The van der Waals surface area contributed by atoms with Crippen LogP contribution in [0.5, 0.6) is 0 Å². The fourth-order valence-corrected chi connectivity index (χ4v) is 2.04. The van der Waals surface area contributed by atoms with Crippen molar-refractivity contribution in [3.63, 3.8) is 0 Å². The number of nitrogens with zero attached hydrogens (tertiary/aromatic N) is 1. The third-order valence-electron chi connectivity index (χ3n) is 2.97. The Kier molecular flexibility index (Phi) is 5.85. The van der Waals surface area contributed by atoms with E-state index in [9.17, 15) is 0 Å². The van der Waals surface area contributed by atoms with Gasteiger partial charge in [-0.1, -0.05) is 41.9 Å². The minimum absolute atomic E-state index is 0.0509. The van der Waals surface area contributed by atoms with Crippen LogP contribution in [-0.4, -0.2) is 25.6 Å². The molecule has 0 spiro atoms. The summed E-state index contributed by atoms with van der Waals surface area (Å²) in [4.78, 5) is 4.23. The molecule has 4 heteroatoms. The number of nitrogens with one attached hydrogen (secondary N) is 2. The number of guanidine groups is 1. The van der Waals surface area contributed by atoms with E-state index >= 15 is 0 Å². The average Bonchev–Trinajstić information content (AvgIpc) is 2.34. The first-order chi connectivity index (χ1) is 8.85. The van der Waals surface area contributed by atoms with Gasteiger partial charge in [-0.15, -0.1) is 0 Å². The SMILES string of the molecule is CN=C(NCC(C)(C)c1ccc(Br)cc1)NC(C)C. The Morgan fingerprint density at radius 1 is 1.26 bits per heavy atom. The first kappa shape index (κ1) is 16.0. The zero-order valence-corrected chi connectivity index (χ0v) is 14.0. The number of benzene rings is 1. The Morgan fingerprint density at radius 3 is 2.32 bits per heavy atom. The third-order valence-corrected chi connectivity index (χ3v) is 3.50. The van der Waals surface area contributed by atoms with Gasteiger partial charge >= 0.3 is 0 Å². The van der Waals surface area contributed by atoms with E-state index in [-0.39, 0.29) is 5.41 Å². The lowest BCUT2D eigenvalue weighted by Gasteiger charge is -2.27. The first-order valence-corrected chi connectivity index (χ1v) is 7.37. The van der Waals surface area contributed by atoms with Crippen LogP contribution in [0.3, 0.4) is 0 Å². The summed E-state index contributed by atoms with van der Waals surface area (Å²) in [7, 11) is 1.80. The molecular formula is C15H24BrN3. The summed E-state index contributed by atoms with van der Waals surface area (Å²) < 4.78 is 1.11. The lowest BCUT2D eigenvalue weighted by Crippen LogP contribution is -2.45. The monoisotopic (exact) mass is 325 g/mol. The fraction of sp³-hybridized carbons (Fsp3) is 0.533. The van der Waals surface area contributed by atoms with E-state index in [1.165, 1.54) is 5.56 Å². The number of hydrogen-bond donors (Lipinski definition) is 2. The molecule has 1 rings (SSSR count). The standard InChI is InChI=1S/C15H24BrN3/c1-11(2)19-14(17-5)18-10-15(3,4)12-6-8-13(16)9-7-12/h6-9,11H,10H2,1-5H3,(H2,17,18,19). The molecule has 0 heterocycles. The molecule has 0 bridgehead atoms. The molecule has 3 nitrogen and oxygen atoms in total. The Labute approximate surface area is 125 Å². The minimum atomic E-state index is 0.0509. The molecule has 0 radical (unpaired) electrons. The molecule has 0 aromatic heterocycles. The predicted molar refractivity (Wildman–Crippen MR) is 86.8 cm³/mol. The van der Waals surface area contributed by atoms with Crippen molar-refractivity contribution >= 4 is 21.9 Å². The highest BCUT2D eigenvalue weighted by Crippen LogP contribution is 2.23. The molecule has 0 amide bonds. The maximum absolute atomic E-state index is 4.23. The summed E-state index contributed by atoms with van der Waals surface area (Å²) in [5.41, 5.74) is 1.36. The van der Waals surface area contributed by atoms with Crippen LogP contribution in [0.25, 0.3) is 0 Å². The van der Waals surface area contributed by atoms with Crippen molar-refractivity contribution < 1.29 is 0 Å². The zero-order valence-electron chi connectivity index (χ0n) is 12.4. The quantitative estimate of drug-likeness (QED) is 0.658. The third kappa shape index (κ3) is 5.23. The normalized spacial score (nSPS) is 12.7. The molecule has 2 N–H and O–H groups in total. The molecule has 0 aliphatic carbocycles. The zero-order chi connectivity index (χ0) is 14.5. The summed E-state index contributed by atoms with van der Waals surface area (Å²) in [5.74, 6) is 0.847. The van der Waals surface area contributed by atoms with Gasteiger partial charge in [-0.2, -0.15) is 0 Å². The molecule has 0 atom stereocenters. The summed E-state index contributed by atoms with van der Waals surface area (Å²) in [6, 6.07) is 8.85. The van der Waals surface area contributed by atoms with Gasteiger partial charge in [0, 0.05) is 29.5 Å². The number of hydrogen-bond acceptors (Lipinski definition) is 1. The van der Waals surface area contributed by atoms with Crippen LogP contribution >= 0.6 is 15.9 Å². The summed E-state index contributed by atoms with van der Waals surface area (Å²) >= 11 is 3.47. The van der Waals surface area contributed by atoms with Gasteiger partial charge in [-0.3, -0.25) is 4.99 Å². The van der Waals surface area contributed by atoms with Gasteiger partial charge in [0.1, 0.15) is 0 Å². The summed E-state index contributed by atoms with van der Waals surface area (Å²) in [5, 5.41) is 6.68. The van der Waals surface area contributed by atoms with Crippen molar-refractivity contribution in [2.24, 2.45) is 4.99 Å². The van der Waals surface area contributed by atoms with Crippen LogP contribution in [0.2, 0.25) is 0 Å². The Morgan fingerprint density at radius 2 is 1.84 bits per heavy atom. The largest absolute Gasteiger partial charge is 0.356 e. The summed E-state index contributed by atoms with van der Waals surface area (Å²) in [6.45, 7) is 9.50. The van der Waals surface area contributed by atoms with Gasteiger partial charge in [0.05, 0.1) is 0 Å². The van der Waals surface area contributed by atoms with Crippen LogP contribution in [0.15, 0.2) is 33.7 Å². The van der Waals surface area contributed by atoms with Crippen molar-refractivity contribution in [3.05, 3.63) is 34.3 Å². The molecule has 0 unspecified atom stereocenters. The predicted octanol–water partition coefficient (Wildman–Crippen LogP) is 3.30. The lowest BCUT2D eigenvalue weighted by atomic mass is 9.85. The molecule has 106 valence electrons. The molecule has 0 saturated heterocycles.